The van der Waals surface area contributed by atoms with Gasteiger partial charge < -0.3 is 11.1 Å². The van der Waals surface area contributed by atoms with Crippen LogP contribution < -0.4 is 11.1 Å². The van der Waals surface area contributed by atoms with Gasteiger partial charge in [-0.3, -0.25) is 9.69 Å². The number of nitrogens with zero attached hydrogens (tertiary/aromatic N) is 1. The SMILES string of the molecule is CC(N)C(=O)NC1CCN(Cc2ccc(Br)cc2)CC1.Cl. The summed E-state index contributed by atoms with van der Waals surface area (Å²) in [7, 11) is 0. The molecule has 0 spiro atoms. The molecule has 0 aromatic heterocycles. The number of carbonyl (C=O) groups excluding carboxylic acids is 1. The number of piperidine rings is 1. The Labute approximate surface area is 141 Å². The topological polar surface area (TPSA) is 58.4 Å². The molecule has 1 unspecified atom stereocenters. The molecule has 0 saturated carbocycles. The lowest BCUT2D eigenvalue weighted by atomic mass is 10.0. The fraction of sp³-hybridized carbons (Fsp3) is 0.533. The Morgan fingerprint density at radius 2 is 1.95 bits per heavy atom. The van der Waals surface area contributed by atoms with E-state index in [9.17, 15) is 4.79 Å². The van der Waals surface area contributed by atoms with E-state index in [1.807, 2.05) is 0 Å². The number of amides is 1. The number of hydrogen-bond acceptors (Lipinski definition) is 3. The van der Waals surface area contributed by atoms with Crippen LogP contribution in [0, 0.1) is 0 Å². The first-order valence-corrected chi connectivity index (χ1v) is 7.86. The van der Waals surface area contributed by atoms with Crippen LogP contribution in [0.15, 0.2) is 28.7 Å². The normalized spacial score (nSPS) is 17.9. The molecule has 1 heterocycles. The van der Waals surface area contributed by atoms with Gasteiger partial charge in [-0.1, -0.05) is 28.1 Å². The summed E-state index contributed by atoms with van der Waals surface area (Å²) in [5.74, 6) is -0.0450. The minimum absolute atomic E-state index is 0. The van der Waals surface area contributed by atoms with Crippen LogP contribution in [0.5, 0.6) is 0 Å². The van der Waals surface area contributed by atoms with Crippen molar-refractivity contribution in [2.45, 2.75) is 38.4 Å². The Hall–Kier alpha value is -0.620. The quantitative estimate of drug-likeness (QED) is 0.848. The van der Waals surface area contributed by atoms with Gasteiger partial charge in [-0.15, -0.1) is 12.4 Å². The average Bonchev–Trinajstić information content (AvgIpc) is 2.43. The van der Waals surface area contributed by atoms with Crippen molar-refractivity contribution in [3.63, 3.8) is 0 Å². The van der Waals surface area contributed by atoms with Crippen molar-refractivity contribution in [2.75, 3.05) is 13.1 Å². The van der Waals surface area contributed by atoms with Gasteiger partial charge in [0.25, 0.3) is 0 Å². The molecule has 1 aromatic rings. The number of halogens is 2. The minimum Gasteiger partial charge on any atom is -0.352 e. The van der Waals surface area contributed by atoms with Gasteiger partial charge in [0.05, 0.1) is 6.04 Å². The molecule has 0 bridgehead atoms. The second kappa shape index (κ2) is 8.73. The van der Waals surface area contributed by atoms with Gasteiger partial charge in [0.1, 0.15) is 0 Å². The molecule has 0 aliphatic carbocycles. The molecule has 2 rings (SSSR count). The molecule has 1 aliphatic rings. The van der Waals surface area contributed by atoms with E-state index in [2.05, 4.69) is 50.4 Å². The lowest BCUT2D eigenvalue weighted by Gasteiger charge is -2.32. The number of likely N-dealkylation sites (tertiary alicyclic amines) is 1. The molecule has 4 nitrogen and oxygen atoms in total. The predicted molar refractivity (Wildman–Crippen MR) is 91.5 cm³/mol. The van der Waals surface area contributed by atoms with Crippen LogP contribution in [0.25, 0.3) is 0 Å². The van der Waals surface area contributed by atoms with E-state index in [4.69, 9.17) is 5.73 Å². The van der Waals surface area contributed by atoms with Crippen molar-refractivity contribution in [1.29, 1.82) is 0 Å². The molecule has 1 saturated heterocycles. The summed E-state index contributed by atoms with van der Waals surface area (Å²) in [6.07, 6.45) is 1.99. The van der Waals surface area contributed by atoms with Gasteiger partial charge in [0.15, 0.2) is 0 Å². The summed E-state index contributed by atoms with van der Waals surface area (Å²) in [5.41, 5.74) is 6.89. The number of nitrogens with two attached hydrogens (primary N) is 1. The van der Waals surface area contributed by atoms with Crippen LogP contribution in [0.2, 0.25) is 0 Å². The Morgan fingerprint density at radius 3 is 2.48 bits per heavy atom. The molecular formula is C15H23BrClN3O. The van der Waals surface area contributed by atoms with E-state index < -0.39 is 6.04 Å². The second-order valence-electron chi connectivity index (χ2n) is 5.47. The van der Waals surface area contributed by atoms with E-state index in [0.717, 1.165) is 36.9 Å². The van der Waals surface area contributed by atoms with E-state index in [1.165, 1.54) is 5.56 Å². The van der Waals surface area contributed by atoms with Crippen LogP contribution in [0.1, 0.15) is 25.3 Å². The standard InChI is InChI=1S/C15H22BrN3O.ClH/c1-11(17)15(20)18-14-6-8-19(9-7-14)10-12-2-4-13(16)5-3-12;/h2-5,11,14H,6-10,17H2,1H3,(H,18,20);1H. The molecule has 1 fully saturated rings. The van der Waals surface area contributed by atoms with Crippen LogP contribution in [-0.4, -0.2) is 36.0 Å². The molecule has 3 N–H and O–H groups in total. The lowest BCUT2D eigenvalue weighted by Crippen LogP contribution is -2.48. The van der Waals surface area contributed by atoms with Crippen molar-refractivity contribution in [1.82, 2.24) is 10.2 Å². The number of nitrogens with one attached hydrogen (secondary N) is 1. The van der Waals surface area contributed by atoms with Gasteiger partial charge in [-0.25, -0.2) is 0 Å². The molecule has 21 heavy (non-hydrogen) atoms. The minimum atomic E-state index is -0.421. The Bertz CT molecular complexity index is 445. The second-order valence-corrected chi connectivity index (χ2v) is 6.39. The highest BCUT2D eigenvalue weighted by Crippen LogP contribution is 2.16. The molecule has 1 aliphatic heterocycles. The van der Waals surface area contributed by atoms with E-state index >= 15 is 0 Å². The highest BCUT2D eigenvalue weighted by atomic mass is 79.9. The zero-order chi connectivity index (χ0) is 14.5. The molecule has 118 valence electrons. The Kier molecular flexibility index (Phi) is 7.66. The summed E-state index contributed by atoms with van der Waals surface area (Å²) in [4.78, 5) is 14.0. The molecule has 1 atom stereocenters. The number of rotatable bonds is 4. The van der Waals surface area contributed by atoms with E-state index in [1.54, 1.807) is 6.92 Å². The van der Waals surface area contributed by atoms with Crippen molar-refractivity contribution in [3.8, 4) is 0 Å². The maximum atomic E-state index is 11.6. The molecular weight excluding hydrogens is 354 g/mol. The summed E-state index contributed by atoms with van der Waals surface area (Å²) in [6, 6.07) is 8.29. The summed E-state index contributed by atoms with van der Waals surface area (Å²) in [5, 5.41) is 3.01. The number of hydrogen-bond donors (Lipinski definition) is 2. The summed E-state index contributed by atoms with van der Waals surface area (Å²) < 4.78 is 1.11. The Balaban J connectivity index is 0.00000220. The van der Waals surface area contributed by atoms with Crippen LogP contribution in [0.3, 0.4) is 0 Å². The van der Waals surface area contributed by atoms with E-state index in [-0.39, 0.29) is 24.4 Å². The average molecular weight is 377 g/mol. The molecule has 1 amide bonds. The van der Waals surface area contributed by atoms with Gasteiger partial charge in [-0.2, -0.15) is 0 Å². The molecule has 0 radical (unpaired) electrons. The third-order valence-corrected chi connectivity index (χ3v) is 4.20. The third kappa shape index (κ3) is 5.94. The largest absolute Gasteiger partial charge is 0.352 e. The number of benzene rings is 1. The number of carbonyl (C=O) groups is 1. The lowest BCUT2D eigenvalue weighted by molar-refractivity contribution is -0.123. The van der Waals surface area contributed by atoms with Crippen molar-refractivity contribution >= 4 is 34.2 Å². The zero-order valence-corrected chi connectivity index (χ0v) is 14.6. The van der Waals surface area contributed by atoms with Crippen molar-refractivity contribution in [2.24, 2.45) is 5.73 Å². The summed E-state index contributed by atoms with van der Waals surface area (Å²) in [6.45, 7) is 4.72. The van der Waals surface area contributed by atoms with Gasteiger partial charge in [-0.05, 0) is 37.5 Å². The summed E-state index contributed by atoms with van der Waals surface area (Å²) >= 11 is 3.45. The first kappa shape index (κ1) is 18.4. The van der Waals surface area contributed by atoms with Gasteiger partial charge in [0.2, 0.25) is 5.91 Å². The Morgan fingerprint density at radius 1 is 1.38 bits per heavy atom. The highest BCUT2D eigenvalue weighted by Gasteiger charge is 2.21. The van der Waals surface area contributed by atoms with Crippen LogP contribution >= 0.6 is 28.3 Å². The van der Waals surface area contributed by atoms with Gasteiger partial charge >= 0.3 is 0 Å². The maximum absolute atomic E-state index is 11.6. The highest BCUT2D eigenvalue weighted by molar-refractivity contribution is 9.10. The predicted octanol–water partition coefficient (Wildman–Crippen LogP) is 2.30. The maximum Gasteiger partial charge on any atom is 0.236 e. The zero-order valence-electron chi connectivity index (χ0n) is 12.2. The fourth-order valence-corrected chi connectivity index (χ4v) is 2.68. The fourth-order valence-electron chi connectivity index (χ4n) is 2.42. The molecule has 6 heteroatoms. The van der Waals surface area contributed by atoms with Crippen LogP contribution in [0.4, 0.5) is 0 Å². The molecule has 1 aromatic carbocycles. The van der Waals surface area contributed by atoms with Crippen molar-refractivity contribution < 1.29 is 4.79 Å². The van der Waals surface area contributed by atoms with E-state index in [0.29, 0.717) is 0 Å². The van der Waals surface area contributed by atoms with Crippen molar-refractivity contribution in [3.05, 3.63) is 34.3 Å². The monoisotopic (exact) mass is 375 g/mol. The first-order chi connectivity index (χ1) is 9.54. The van der Waals surface area contributed by atoms with Crippen LogP contribution in [-0.2, 0) is 11.3 Å². The van der Waals surface area contributed by atoms with Gasteiger partial charge in [0, 0.05) is 30.1 Å². The third-order valence-electron chi connectivity index (χ3n) is 3.67. The first-order valence-electron chi connectivity index (χ1n) is 7.07. The smallest absolute Gasteiger partial charge is 0.236 e.